The Morgan fingerprint density at radius 2 is 2.00 bits per heavy atom. The van der Waals surface area contributed by atoms with Crippen LogP contribution in [0, 0.1) is 0 Å². The molecule has 1 aromatic carbocycles. The number of nitrogens with zero attached hydrogens (tertiary/aromatic N) is 1. The molecular formula is C15H22ClNO. The molecule has 3 heteroatoms. The van der Waals surface area contributed by atoms with Crippen LogP contribution in [0.1, 0.15) is 32.3 Å². The maximum Gasteiger partial charge on any atom is 0.222 e. The zero-order valence-corrected chi connectivity index (χ0v) is 12.0. The third-order valence-corrected chi connectivity index (χ3v) is 3.33. The number of hydrogen-bond donors (Lipinski definition) is 0. The first kappa shape index (κ1) is 15.0. The Hall–Kier alpha value is -1.02. The lowest BCUT2D eigenvalue weighted by atomic mass is 10.1. The molecule has 2 nitrogen and oxygen atoms in total. The standard InChI is InChI=1S/C15H22ClNO/c1-3-15(18)17(11-7-10-16)13(2)12-14-8-5-4-6-9-14/h4-6,8-9,13H,3,7,10-12H2,1-2H3. The van der Waals surface area contributed by atoms with E-state index in [9.17, 15) is 4.79 Å². The normalized spacial score (nSPS) is 12.2. The summed E-state index contributed by atoms with van der Waals surface area (Å²) < 4.78 is 0. The predicted octanol–water partition coefficient (Wildman–Crippen LogP) is 3.49. The van der Waals surface area contributed by atoms with Crippen LogP contribution in [0.5, 0.6) is 0 Å². The molecule has 18 heavy (non-hydrogen) atoms. The monoisotopic (exact) mass is 267 g/mol. The van der Waals surface area contributed by atoms with Crippen molar-refractivity contribution in [3.63, 3.8) is 0 Å². The van der Waals surface area contributed by atoms with E-state index in [1.807, 2.05) is 30.0 Å². The van der Waals surface area contributed by atoms with Crippen LogP contribution in [0.3, 0.4) is 0 Å². The van der Waals surface area contributed by atoms with Gasteiger partial charge in [0.05, 0.1) is 0 Å². The molecule has 0 radical (unpaired) electrons. The molecule has 1 amide bonds. The van der Waals surface area contributed by atoms with E-state index in [1.54, 1.807) is 0 Å². The largest absolute Gasteiger partial charge is 0.340 e. The number of alkyl halides is 1. The summed E-state index contributed by atoms with van der Waals surface area (Å²) in [4.78, 5) is 13.9. The fourth-order valence-electron chi connectivity index (χ4n) is 2.09. The Morgan fingerprint density at radius 1 is 1.33 bits per heavy atom. The highest BCUT2D eigenvalue weighted by Crippen LogP contribution is 2.11. The lowest BCUT2D eigenvalue weighted by Crippen LogP contribution is -2.40. The van der Waals surface area contributed by atoms with E-state index in [2.05, 4.69) is 19.1 Å². The van der Waals surface area contributed by atoms with E-state index in [1.165, 1.54) is 5.56 Å². The highest BCUT2D eigenvalue weighted by molar-refractivity contribution is 6.17. The van der Waals surface area contributed by atoms with Crippen molar-refractivity contribution >= 4 is 17.5 Å². The molecule has 0 saturated carbocycles. The summed E-state index contributed by atoms with van der Waals surface area (Å²) in [6, 6.07) is 10.5. The lowest BCUT2D eigenvalue weighted by Gasteiger charge is -2.29. The van der Waals surface area contributed by atoms with Crippen LogP contribution in [0.25, 0.3) is 0 Å². The first-order valence-electron chi connectivity index (χ1n) is 6.58. The SMILES string of the molecule is CCC(=O)N(CCCCl)C(C)Cc1ccccc1. The van der Waals surface area contributed by atoms with Crippen LogP contribution in [-0.2, 0) is 11.2 Å². The Balaban J connectivity index is 2.63. The summed E-state index contributed by atoms with van der Waals surface area (Å²) in [6.07, 6.45) is 2.31. The van der Waals surface area contributed by atoms with Gasteiger partial charge in [-0.25, -0.2) is 0 Å². The molecule has 0 bridgehead atoms. The highest BCUT2D eigenvalue weighted by atomic mass is 35.5. The molecule has 0 aliphatic carbocycles. The van der Waals surface area contributed by atoms with Crippen molar-refractivity contribution in [3.05, 3.63) is 35.9 Å². The van der Waals surface area contributed by atoms with E-state index < -0.39 is 0 Å². The van der Waals surface area contributed by atoms with Gasteiger partial charge in [-0.3, -0.25) is 4.79 Å². The van der Waals surface area contributed by atoms with Gasteiger partial charge in [0.2, 0.25) is 5.91 Å². The fraction of sp³-hybridized carbons (Fsp3) is 0.533. The van der Waals surface area contributed by atoms with Gasteiger partial charge >= 0.3 is 0 Å². The van der Waals surface area contributed by atoms with Crippen molar-refractivity contribution in [2.45, 2.75) is 39.2 Å². The van der Waals surface area contributed by atoms with Crippen molar-refractivity contribution < 1.29 is 4.79 Å². The Kier molecular flexibility index (Phi) is 6.81. The van der Waals surface area contributed by atoms with Crippen molar-refractivity contribution in [3.8, 4) is 0 Å². The molecule has 0 aromatic heterocycles. The van der Waals surface area contributed by atoms with Crippen molar-refractivity contribution in [1.29, 1.82) is 0 Å². The number of carbonyl (C=O) groups excluding carboxylic acids is 1. The average molecular weight is 268 g/mol. The van der Waals surface area contributed by atoms with Crippen LogP contribution < -0.4 is 0 Å². The lowest BCUT2D eigenvalue weighted by molar-refractivity contribution is -0.132. The summed E-state index contributed by atoms with van der Waals surface area (Å²) in [6.45, 7) is 4.77. The van der Waals surface area contributed by atoms with Crippen LogP contribution in [0.15, 0.2) is 30.3 Å². The third kappa shape index (κ3) is 4.69. The molecule has 1 unspecified atom stereocenters. The van der Waals surface area contributed by atoms with Gasteiger partial charge in [-0.2, -0.15) is 0 Å². The van der Waals surface area contributed by atoms with Crippen LogP contribution >= 0.6 is 11.6 Å². The van der Waals surface area contributed by atoms with E-state index in [0.29, 0.717) is 12.3 Å². The minimum absolute atomic E-state index is 0.212. The molecule has 0 saturated heterocycles. The van der Waals surface area contributed by atoms with Crippen molar-refractivity contribution in [2.24, 2.45) is 0 Å². The molecule has 0 aliphatic heterocycles. The van der Waals surface area contributed by atoms with Crippen LogP contribution in [-0.4, -0.2) is 29.3 Å². The van der Waals surface area contributed by atoms with Gasteiger partial charge in [0, 0.05) is 24.9 Å². The van der Waals surface area contributed by atoms with Gasteiger partial charge < -0.3 is 4.90 Å². The highest BCUT2D eigenvalue weighted by Gasteiger charge is 2.18. The van der Waals surface area contributed by atoms with Crippen molar-refractivity contribution in [2.75, 3.05) is 12.4 Å². The third-order valence-electron chi connectivity index (χ3n) is 3.06. The molecule has 0 N–H and O–H groups in total. The number of amides is 1. The molecule has 100 valence electrons. The number of carbonyl (C=O) groups is 1. The maximum atomic E-state index is 11.9. The summed E-state index contributed by atoms with van der Waals surface area (Å²) in [5, 5.41) is 0. The van der Waals surface area contributed by atoms with Gasteiger partial charge in [-0.05, 0) is 25.3 Å². The number of benzene rings is 1. The second kappa shape index (κ2) is 8.15. The Labute approximate surface area is 115 Å². The van der Waals surface area contributed by atoms with Gasteiger partial charge in [-0.1, -0.05) is 37.3 Å². The first-order chi connectivity index (χ1) is 8.69. The van der Waals surface area contributed by atoms with Crippen molar-refractivity contribution in [1.82, 2.24) is 4.90 Å². The summed E-state index contributed by atoms with van der Waals surface area (Å²) in [5.41, 5.74) is 1.27. The van der Waals surface area contributed by atoms with Crippen LogP contribution in [0.4, 0.5) is 0 Å². The number of rotatable bonds is 7. The zero-order chi connectivity index (χ0) is 13.4. The van der Waals surface area contributed by atoms with Crippen LogP contribution in [0.2, 0.25) is 0 Å². The fourth-order valence-corrected chi connectivity index (χ4v) is 2.21. The molecule has 0 heterocycles. The van der Waals surface area contributed by atoms with Gasteiger partial charge in [0.15, 0.2) is 0 Å². The Bertz CT molecular complexity index is 353. The summed E-state index contributed by atoms with van der Waals surface area (Å²) in [7, 11) is 0. The summed E-state index contributed by atoms with van der Waals surface area (Å²) >= 11 is 5.72. The van der Waals surface area contributed by atoms with E-state index in [4.69, 9.17) is 11.6 Å². The minimum atomic E-state index is 0.212. The summed E-state index contributed by atoms with van der Waals surface area (Å²) in [5.74, 6) is 0.814. The molecule has 0 spiro atoms. The van der Waals surface area contributed by atoms with E-state index >= 15 is 0 Å². The molecular weight excluding hydrogens is 246 g/mol. The second-order valence-corrected chi connectivity index (χ2v) is 4.90. The topological polar surface area (TPSA) is 20.3 Å². The molecule has 1 rings (SSSR count). The zero-order valence-electron chi connectivity index (χ0n) is 11.2. The second-order valence-electron chi connectivity index (χ2n) is 4.52. The quantitative estimate of drug-likeness (QED) is 0.693. The molecule has 1 aromatic rings. The van der Waals surface area contributed by atoms with E-state index in [-0.39, 0.29) is 11.9 Å². The maximum absolute atomic E-state index is 11.9. The predicted molar refractivity (Wildman–Crippen MR) is 76.9 cm³/mol. The average Bonchev–Trinajstić information content (AvgIpc) is 2.40. The molecule has 0 aliphatic rings. The molecule has 0 fully saturated rings. The van der Waals surface area contributed by atoms with Gasteiger partial charge in [-0.15, -0.1) is 11.6 Å². The van der Waals surface area contributed by atoms with Gasteiger partial charge in [0.25, 0.3) is 0 Å². The smallest absolute Gasteiger partial charge is 0.222 e. The number of hydrogen-bond acceptors (Lipinski definition) is 1. The Morgan fingerprint density at radius 3 is 2.56 bits per heavy atom. The van der Waals surface area contributed by atoms with E-state index in [0.717, 1.165) is 19.4 Å². The molecule has 1 atom stereocenters. The minimum Gasteiger partial charge on any atom is -0.340 e. The first-order valence-corrected chi connectivity index (χ1v) is 7.11. The number of halogens is 1. The van der Waals surface area contributed by atoms with Gasteiger partial charge in [0.1, 0.15) is 0 Å².